The number of nitrogens with one attached hydrogen (secondary N) is 2. The number of phenolic OH excluding ortho intramolecular Hbond substituents is 1. The minimum atomic E-state index is -1.36. The number of aromatic hydroxyl groups is 1. The number of hydrogen-bond acceptors (Lipinski definition) is 8. The van der Waals surface area contributed by atoms with E-state index in [1.807, 2.05) is 24.3 Å². The molecule has 0 bridgehead atoms. The van der Waals surface area contributed by atoms with Crippen LogP contribution >= 0.6 is 11.8 Å². The third-order valence-electron chi connectivity index (χ3n) is 8.28. The first-order chi connectivity index (χ1) is 21.9. The number of rotatable bonds is 12. The van der Waals surface area contributed by atoms with E-state index < -0.39 is 52.0 Å². The van der Waals surface area contributed by atoms with Gasteiger partial charge in [-0.15, -0.1) is 11.8 Å². The molecule has 3 amide bonds. The molecule has 46 heavy (non-hydrogen) atoms. The standard InChI is InChI=1S/C34H47N3O7S2/c1-34(2,3)44-33(41)37-22-45-20-28(37)32(40)36-27(19-35-31(39)26-12-8-9-13-29(26)38)30(18-23-14-16-25(43-4)17-15-23)46(42)21-24-10-6-5-7-11-24/h8-9,12-17,24,27-28,30,38H,5-7,10-11,18-22H2,1-4H3,(H,35,39)(H,36,40)/t27?,28-,30?,46?/m0/s1. The van der Waals surface area contributed by atoms with Crippen molar-refractivity contribution < 1.29 is 33.5 Å². The predicted molar refractivity (Wildman–Crippen MR) is 182 cm³/mol. The van der Waals surface area contributed by atoms with Gasteiger partial charge in [0, 0.05) is 24.6 Å². The molecule has 2 aromatic carbocycles. The molecule has 4 rings (SSSR count). The Morgan fingerprint density at radius 2 is 1.78 bits per heavy atom. The average Bonchev–Trinajstić information content (AvgIpc) is 3.53. The van der Waals surface area contributed by atoms with E-state index in [1.54, 1.807) is 40.0 Å². The SMILES string of the molecule is COc1ccc(CC(C(CNC(=O)c2ccccc2O)NC(=O)[C@@H]2CSCN2C(=O)OC(C)(C)C)[S+]([O-])CC2CCCCC2)cc1. The third kappa shape index (κ3) is 10.2. The number of thioether (sulfide) groups is 1. The van der Waals surface area contributed by atoms with Crippen molar-refractivity contribution in [2.75, 3.05) is 31.0 Å². The Kier molecular flexibility index (Phi) is 12.9. The molecule has 0 radical (unpaired) electrons. The van der Waals surface area contributed by atoms with E-state index in [-0.39, 0.29) is 17.9 Å². The number of hydrogen-bond donors (Lipinski definition) is 3. The Morgan fingerprint density at radius 3 is 2.43 bits per heavy atom. The van der Waals surface area contributed by atoms with E-state index >= 15 is 0 Å². The van der Waals surface area contributed by atoms with Crippen molar-refractivity contribution in [1.29, 1.82) is 0 Å². The first-order valence-corrected chi connectivity index (χ1v) is 18.4. The van der Waals surface area contributed by atoms with Crippen LogP contribution in [0.2, 0.25) is 0 Å². The lowest BCUT2D eigenvalue weighted by Crippen LogP contribution is -2.58. The summed E-state index contributed by atoms with van der Waals surface area (Å²) < 4.78 is 25.2. The fourth-order valence-electron chi connectivity index (χ4n) is 5.80. The van der Waals surface area contributed by atoms with E-state index in [2.05, 4.69) is 10.6 Å². The molecular formula is C34H47N3O7S2. The summed E-state index contributed by atoms with van der Waals surface area (Å²) in [5, 5.41) is 15.7. The molecule has 0 spiro atoms. The van der Waals surface area contributed by atoms with Crippen LogP contribution in [0.1, 0.15) is 68.8 Å². The van der Waals surface area contributed by atoms with Crippen LogP contribution in [0.25, 0.3) is 0 Å². The fraction of sp³-hybridized carbons (Fsp3) is 0.559. The van der Waals surface area contributed by atoms with Crippen molar-refractivity contribution in [3.05, 3.63) is 59.7 Å². The van der Waals surface area contributed by atoms with Crippen LogP contribution in [0.3, 0.4) is 0 Å². The van der Waals surface area contributed by atoms with Gasteiger partial charge in [-0.25, -0.2) is 4.79 Å². The van der Waals surface area contributed by atoms with Crippen molar-refractivity contribution in [2.45, 2.75) is 82.2 Å². The smallest absolute Gasteiger partial charge is 0.411 e. The van der Waals surface area contributed by atoms with Crippen LogP contribution in [-0.2, 0) is 27.1 Å². The molecular weight excluding hydrogens is 627 g/mol. The summed E-state index contributed by atoms with van der Waals surface area (Å²) in [6.07, 6.45) is 5.26. The molecule has 1 saturated carbocycles. The van der Waals surface area contributed by atoms with Gasteiger partial charge in [0.2, 0.25) is 5.91 Å². The number of benzene rings is 2. The summed E-state index contributed by atoms with van der Waals surface area (Å²) in [7, 11) is 1.59. The second-order valence-electron chi connectivity index (χ2n) is 13.0. The lowest BCUT2D eigenvalue weighted by atomic mass is 9.91. The van der Waals surface area contributed by atoms with Crippen molar-refractivity contribution in [2.24, 2.45) is 5.92 Å². The largest absolute Gasteiger partial charge is 0.616 e. The van der Waals surface area contributed by atoms with E-state index in [4.69, 9.17) is 9.47 Å². The zero-order chi connectivity index (χ0) is 33.3. The highest BCUT2D eigenvalue weighted by molar-refractivity contribution is 7.99. The Balaban J connectivity index is 1.61. The van der Waals surface area contributed by atoms with Gasteiger partial charge in [-0.2, -0.15) is 0 Å². The first kappa shape index (κ1) is 35.8. The number of methoxy groups -OCH3 is 1. The number of phenols is 1. The molecule has 252 valence electrons. The number of ether oxygens (including phenoxy) is 2. The predicted octanol–water partition coefficient (Wildman–Crippen LogP) is 4.87. The maximum Gasteiger partial charge on any atom is 0.411 e. The first-order valence-electron chi connectivity index (χ1n) is 15.9. The Bertz CT molecular complexity index is 1310. The van der Waals surface area contributed by atoms with Crippen LogP contribution in [-0.4, -0.2) is 86.4 Å². The normalized spacial score (nSPS) is 19.2. The van der Waals surface area contributed by atoms with Gasteiger partial charge in [0.1, 0.15) is 34.1 Å². The van der Waals surface area contributed by atoms with Gasteiger partial charge in [-0.3, -0.25) is 14.5 Å². The van der Waals surface area contributed by atoms with Gasteiger partial charge in [-0.1, -0.05) is 43.5 Å². The Labute approximate surface area is 279 Å². The lowest BCUT2D eigenvalue weighted by Gasteiger charge is -2.34. The molecule has 1 aliphatic carbocycles. The van der Waals surface area contributed by atoms with Gasteiger partial charge in [0.05, 0.1) is 24.6 Å². The minimum Gasteiger partial charge on any atom is -0.616 e. The van der Waals surface area contributed by atoms with Crippen molar-refractivity contribution in [1.82, 2.24) is 15.5 Å². The van der Waals surface area contributed by atoms with Crippen LogP contribution in [0.4, 0.5) is 4.79 Å². The monoisotopic (exact) mass is 673 g/mol. The van der Waals surface area contributed by atoms with Gasteiger partial charge < -0.3 is 29.8 Å². The Morgan fingerprint density at radius 1 is 1.09 bits per heavy atom. The van der Waals surface area contributed by atoms with Gasteiger partial charge in [0.25, 0.3) is 5.91 Å². The number of carbonyl (C=O) groups excluding carboxylic acids is 3. The van der Waals surface area contributed by atoms with E-state index in [1.165, 1.54) is 35.2 Å². The molecule has 2 fully saturated rings. The second-order valence-corrected chi connectivity index (χ2v) is 15.7. The maximum absolute atomic E-state index is 14.3. The summed E-state index contributed by atoms with van der Waals surface area (Å²) in [5.74, 6) is 1.16. The highest BCUT2D eigenvalue weighted by Gasteiger charge is 2.41. The van der Waals surface area contributed by atoms with Crippen molar-refractivity contribution in [3.63, 3.8) is 0 Å². The number of nitrogens with zero attached hydrogens (tertiary/aromatic N) is 1. The highest BCUT2D eigenvalue weighted by atomic mass is 32.2. The van der Waals surface area contributed by atoms with Gasteiger partial charge in [0.15, 0.2) is 0 Å². The fourth-order valence-corrected chi connectivity index (χ4v) is 8.90. The molecule has 10 nitrogen and oxygen atoms in total. The molecule has 1 aliphatic heterocycles. The molecule has 12 heteroatoms. The van der Waals surface area contributed by atoms with Crippen molar-refractivity contribution >= 4 is 40.8 Å². The quantitative estimate of drug-likeness (QED) is 0.272. The molecule has 4 atom stereocenters. The molecule has 1 saturated heterocycles. The van der Waals surface area contributed by atoms with Gasteiger partial charge >= 0.3 is 6.09 Å². The molecule has 1 heterocycles. The van der Waals surface area contributed by atoms with Crippen molar-refractivity contribution in [3.8, 4) is 11.5 Å². The highest BCUT2D eigenvalue weighted by Crippen LogP contribution is 2.29. The Hall–Kier alpha value is -3.09. The zero-order valence-corrected chi connectivity index (χ0v) is 28.8. The summed E-state index contributed by atoms with van der Waals surface area (Å²) in [6, 6.07) is 12.2. The summed E-state index contributed by atoms with van der Waals surface area (Å²) in [4.78, 5) is 41.5. The summed E-state index contributed by atoms with van der Waals surface area (Å²) in [5.41, 5.74) is 0.299. The summed E-state index contributed by atoms with van der Waals surface area (Å²) >= 11 is 0.0935. The topological polar surface area (TPSA) is 140 Å². The van der Waals surface area contributed by atoms with Crippen LogP contribution < -0.4 is 15.4 Å². The molecule has 3 unspecified atom stereocenters. The second kappa shape index (κ2) is 16.6. The molecule has 0 aromatic heterocycles. The zero-order valence-electron chi connectivity index (χ0n) is 27.2. The van der Waals surface area contributed by atoms with Crippen LogP contribution in [0.15, 0.2) is 48.5 Å². The molecule has 2 aliphatic rings. The number of carbonyl (C=O) groups is 3. The third-order valence-corrected chi connectivity index (χ3v) is 11.3. The lowest BCUT2D eigenvalue weighted by molar-refractivity contribution is -0.125. The average molecular weight is 674 g/mol. The maximum atomic E-state index is 14.3. The van der Waals surface area contributed by atoms with Crippen LogP contribution in [0.5, 0.6) is 11.5 Å². The number of para-hydroxylation sites is 1. The van der Waals surface area contributed by atoms with E-state index in [0.717, 1.165) is 31.2 Å². The molecule has 3 N–H and O–H groups in total. The van der Waals surface area contributed by atoms with Gasteiger partial charge in [-0.05, 0) is 74.6 Å². The number of amides is 3. The summed E-state index contributed by atoms with van der Waals surface area (Å²) in [6.45, 7) is 5.30. The van der Waals surface area contributed by atoms with Crippen LogP contribution in [0, 0.1) is 5.92 Å². The molecule has 2 aromatic rings. The minimum absolute atomic E-state index is 0.0254. The van der Waals surface area contributed by atoms with E-state index in [9.17, 15) is 24.0 Å². The van der Waals surface area contributed by atoms with E-state index in [0.29, 0.717) is 35.5 Å².